The van der Waals surface area contributed by atoms with E-state index in [-0.39, 0.29) is 5.56 Å². The number of anilines is 1. The van der Waals surface area contributed by atoms with Crippen molar-refractivity contribution in [3.63, 3.8) is 0 Å². The van der Waals surface area contributed by atoms with Crippen LogP contribution in [0.5, 0.6) is 0 Å². The van der Waals surface area contributed by atoms with E-state index < -0.39 is 18.5 Å². The monoisotopic (exact) mass is 284 g/mol. The van der Waals surface area contributed by atoms with Gasteiger partial charge in [0.15, 0.2) is 6.61 Å². The van der Waals surface area contributed by atoms with Crippen molar-refractivity contribution in [3.8, 4) is 0 Å². The number of ether oxygens (including phenoxy) is 1. The van der Waals surface area contributed by atoms with E-state index in [1.54, 1.807) is 18.2 Å². The van der Waals surface area contributed by atoms with Crippen LogP contribution in [0.4, 0.5) is 5.82 Å². The van der Waals surface area contributed by atoms with Gasteiger partial charge in [-0.25, -0.2) is 9.78 Å². The van der Waals surface area contributed by atoms with Crippen molar-refractivity contribution in [3.05, 3.63) is 59.8 Å². The van der Waals surface area contributed by atoms with Gasteiger partial charge in [0.2, 0.25) is 0 Å². The molecule has 6 heteroatoms. The fourth-order valence-electron chi connectivity index (χ4n) is 1.53. The fourth-order valence-corrected chi connectivity index (χ4v) is 1.53. The van der Waals surface area contributed by atoms with Crippen molar-refractivity contribution >= 4 is 24.0 Å². The van der Waals surface area contributed by atoms with Gasteiger partial charge in [-0.2, -0.15) is 0 Å². The number of hydrogen-bond donors (Lipinski definition) is 1. The molecule has 2 aromatic rings. The van der Waals surface area contributed by atoms with E-state index in [4.69, 9.17) is 4.74 Å². The molecule has 0 aliphatic heterocycles. The smallest absolute Gasteiger partial charge is 0.338 e. The van der Waals surface area contributed by atoms with Crippen LogP contribution in [0.3, 0.4) is 0 Å². The Bertz CT molecular complexity index is 638. The molecular weight excluding hydrogens is 272 g/mol. The van der Waals surface area contributed by atoms with Gasteiger partial charge in [-0.15, -0.1) is 0 Å². The van der Waals surface area contributed by atoms with Crippen LogP contribution in [-0.4, -0.2) is 29.8 Å². The van der Waals surface area contributed by atoms with Crippen molar-refractivity contribution in [1.29, 1.82) is 0 Å². The van der Waals surface area contributed by atoms with Crippen LogP contribution < -0.4 is 5.32 Å². The second-order valence-electron chi connectivity index (χ2n) is 4.08. The molecule has 6 nitrogen and oxygen atoms in total. The fraction of sp³-hybridized carbons (Fsp3) is 0.0667. The SMILES string of the molecule is O=Cc1ccc(C(=O)OCC(=O)Nc2ccccn2)cc1. The standard InChI is InChI=1S/C15H12N2O4/c18-9-11-4-6-12(7-5-11)15(20)21-10-14(19)17-13-3-1-2-8-16-13/h1-9H,10H2,(H,16,17,19). The molecule has 0 fully saturated rings. The van der Waals surface area contributed by atoms with Crippen molar-refractivity contribution < 1.29 is 19.1 Å². The van der Waals surface area contributed by atoms with Crippen LogP contribution in [0.15, 0.2) is 48.7 Å². The number of aromatic nitrogens is 1. The van der Waals surface area contributed by atoms with Crippen LogP contribution in [0.25, 0.3) is 0 Å². The molecule has 0 saturated heterocycles. The Morgan fingerprint density at radius 1 is 1.14 bits per heavy atom. The first kappa shape index (κ1) is 14.4. The minimum absolute atomic E-state index is 0.270. The number of esters is 1. The maximum atomic E-state index is 11.7. The molecule has 0 aliphatic carbocycles. The lowest BCUT2D eigenvalue weighted by molar-refractivity contribution is -0.119. The summed E-state index contributed by atoms with van der Waals surface area (Å²) in [5.41, 5.74) is 0.727. The number of aldehydes is 1. The first-order valence-electron chi connectivity index (χ1n) is 6.12. The van der Waals surface area contributed by atoms with Crippen LogP contribution in [-0.2, 0) is 9.53 Å². The van der Waals surface area contributed by atoms with Gasteiger partial charge in [0.25, 0.3) is 5.91 Å². The van der Waals surface area contributed by atoms with Crippen molar-refractivity contribution in [1.82, 2.24) is 4.98 Å². The zero-order chi connectivity index (χ0) is 15.1. The summed E-state index contributed by atoms with van der Waals surface area (Å²) in [6.45, 7) is -0.412. The molecule has 1 heterocycles. The highest BCUT2D eigenvalue weighted by Gasteiger charge is 2.10. The number of nitrogens with zero attached hydrogens (tertiary/aromatic N) is 1. The lowest BCUT2D eigenvalue weighted by Crippen LogP contribution is -2.21. The molecule has 1 N–H and O–H groups in total. The van der Waals surface area contributed by atoms with Crippen molar-refractivity contribution in [2.24, 2.45) is 0 Å². The summed E-state index contributed by atoms with van der Waals surface area (Å²) in [5, 5.41) is 2.49. The average molecular weight is 284 g/mol. The Morgan fingerprint density at radius 2 is 1.90 bits per heavy atom. The summed E-state index contributed by atoms with van der Waals surface area (Å²) in [6.07, 6.45) is 2.21. The van der Waals surface area contributed by atoms with Gasteiger partial charge in [0.05, 0.1) is 5.56 Å². The first-order valence-corrected chi connectivity index (χ1v) is 6.12. The highest BCUT2D eigenvalue weighted by atomic mass is 16.5. The van der Waals surface area contributed by atoms with Crippen LogP contribution >= 0.6 is 0 Å². The Hall–Kier alpha value is -3.02. The van der Waals surface area contributed by atoms with Gasteiger partial charge in [-0.05, 0) is 24.3 Å². The molecular formula is C15H12N2O4. The zero-order valence-corrected chi connectivity index (χ0v) is 11.0. The quantitative estimate of drug-likeness (QED) is 0.667. The minimum Gasteiger partial charge on any atom is -0.452 e. The third kappa shape index (κ3) is 4.24. The molecule has 0 bridgehead atoms. The number of carbonyl (C=O) groups is 3. The highest BCUT2D eigenvalue weighted by molar-refractivity contribution is 5.95. The number of nitrogens with one attached hydrogen (secondary N) is 1. The molecule has 0 spiro atoms. The summed E-state index contributed by atoms with van der Waals surface area (Å²) in [5.74, 6) is -0.732. The largest absolute Gasteiger partial charge is 0.452 e. The first-order chi connectivity index (χ1) is 10.2. The molecule has 1 amide bonds. The number of hydrogen-bond acceptors (Lipinski definition) is 5. The number of rotatable bonds is 5. The van der Waals surface area contributed by atoms with Crippen LogP contribution in [0, 0.1) is 0 Å². The maximum Gasteiger partial charge on any atom is 0.338 e. The van der Waals surface area contributed by atoms with Gasteiger partial charge < -0.3 is 10.1 Å². The molecule has 0 atom stereocenters. The Labute approximate surface area is 120 Å². The number of pyridine rings is 1. The summed E-state index contributed by atoms with van der Waals surface area (Å²) in [6, 6.07) is 11.0. The third-order valence-corrected chi connectivity index (χ3v) is 2.55. The summed E-state index contributed by atoms with van der Waals surface area (Å²) in [7, 11) is 0. The number of carbonyl (C=O) groups excluding carboxylic acids is 3. The Balaban J connectivity index is 1.85. The number of benzene rings is 1. The molecule has 0 unspecified atom stereocenters. The topological polar surface area (TPSA) is 85.4 Å². The average Bonchev–Trinajstić information content (AvgIpc) is 2.53. The molecule has 21 heavy (non-hydrogen) atoms. The summed E-state index contributed by atoms with van der Waals surface area (Å²) in [4.78, 5) is 37.7. The van der Waals surface area contributed by atoms with E-state index in [2.05, 4.69) is 10.3 Å². The summed E-state index contributed by atoms with van der Waals surface area (Å²) >= 11 is 0. The van der Waals surface area contributed by atoms with E-state index in [1.807, 2.05) is 0 Å². The van der Waals surface area contributed by atoms with Crippen LogP contribution in [0.2, 0.25) is 0 Å². The van der Waals surface area contributed by atoms with Gasteiger partial charge in [-0.3, -0.25) is 9.59 Å². The predicted molar refractivity (Wildman–Crippen MR) is 75.0 cm³/mol. The van der Waals surface area contributed by atoms with E-state index >= 15 is 0 Å². The van der Waals surface area contributed by atoms with Gasteiger partial charge >= 0.3 is 5.97 Å². The number of amides is 1. The maximum absolute atomic E-state index is 11.7. The van der Waals surface area contributed by atoms with E-state index in [0.29, 0.717) is 17.7 Å². The van der Waals surface area contributed by atoms with E-state index in [1.165, 1.54) is 30.5 Å². The third-order valence-electron chi connectivity index (χ3n) is 2.55. The zero-order valence-electron chi connectivity index (χ0n) is 11.0. The van der Waals surface area contributed by atoms with Gasteiger partial charge in [0, 0.05) is 11.8 Å². The second kappa shape index (κ2) is 6.95. The van der Waals surface area contributed by atoms with E-state index in [9.17, 15) is 14.4 Å². The Morgan fingerprint density at radius 3 is 2.52 bits per heavy atom. The lowest BCUT2D eigenvalue weighted by atomic mass is 10.1. The molecule has 106 valence electrons. The molecule has 0 saturated carbocycles. The normalized spacial score (nSPS) is 9.71. The summed E-state index contributed by atoms with van der Waals surface area (Å²) < 4.78 is 4.87. The van der Waals surface area contributed by atoms with Crippen LogP contribution in [0.1, 0.15) is 20.7 Å². The second-order valence-corrected chi connectivity index (χ2v) is 4.08. The van der Waals surface area contributed by atoms with Gasteiger partial charge in [-0.1, -0.05) is 18.2 Å². The van der Waals surface area contributed by atoms with Crippen molar-refractivity contribution in [2.75, 3.05) is 11.9 Å². The Kier molecular flexibility index (Phi) is 4.76. The van der Waals surface area contributed by atoms with Crippen molar-refractivity contribution in [2.45, 2.75) is 0 Å². The van der Waals surface area contributed by atoms with E-state index in [0.717, 1.165) is 0 Å². The highest BCUT2D eigenvalue weighted by Crippen LogP contribution is 2.05. The molecule has 1 aromatic heterocycles. The molecule has 0 radical (unpaired) electrons. The minimum atomic E-state index is -0.636. The molecule has 1 aromatic carbocycles. The lowest BCUT2D eigenvalue weighted by Gasteiger charge is -2.06. The van der Waals surface area contributed by atoms with Gasteiger partial charge in [0.1, 0.15) is 12.1 Å². The molecule has 2 rings (SSSR count). The predicted octanol–water partition coefficient (Wildman–Crippen LogP) is 1.69. The molecule has 0 aliphatic rings.